The first-order valence-corrected chi connectivity index (χ1v) is 8.24. The lowest BCUT2D eigenvalue weighted by Gasteiger charge is -2.23. The summed E-state index contributed by atoms with van der Waals surface area (Å²) >= 11 is 0. The molecular formula is C15H23O3P. The predicted molar refractivity (Wildman–Crippen MR) is 80.4 cm³/mol. The molecule has 4 heteroatoms. The van der Waals surface area contributed by atoms with Gasteiger partial charge in [-0.3, -0.25) is 4.57 Å². The second kappa shape index (κ2) is 7.04. The number of hydrogen-bond acceptors (Lipinski definition) is 3. The normalized spacial score (nSPS) is 12.1. The van der Waals surface area contributed by atoms with Crippen molar-refractivity contribution in [1.82, 2.24) is 0 Å². The van der Waals surface area contributed by atoms with Crippen LogP contribution in [0, 0.1) is 0 Å². The van der Waals surface area contributed by atoms with E-state index in [-0.39, 0.29) is 18.4 Å². The largest absolute Gasteiger partial charge is 0.335 e. The van der Waals surface area contributed by atoms with Gasteiger partial charge in [0.15, 0.2) is 0 Å². The fourth-order valence-corrected chi connectivity index (χ4v) is 3.87. The van der Waals surface area contributed by atoms with E-state index in [0.29, 0.717) is 0 Å². The molecule has 0 saturated heterocycles. The maximum absolute atomic E-state index is 12.7. The van der Waals surface area contributed by atoms with Crippen molar-refractivity contribution in [2.45, 2.75) is 39.9 Å². The minimum Gasteiger partial charge on any atom is -0.306 e. The smallest absolute Gasteiger partial charge is 0.306 e. The van der Waals surface area contributed by atoms with E-state index in [1.807, 2.05) is 58.0 Å². The Balaban J connectivity index is 2.83. The maximum Gasteiger partial charge on any atom is 0.335 e. The first-order valence-electron chi connectivity index (χ1n) is 6.51. The average Bonchev–Trinajstić information content (AvgIpc) is 2.27. The topological polar surface area (TPSA) is 35.5 Å². The Bertz CT molecular complexity index is 438. The minimum absolute atomic E-state index is 0.145. The van der Waals surface area contributed by atoms with Crippen LogP contribution in [0.15, 0.2) is 36.9 Å². The third kappa shape index (κ3) is 5.73. The van der Waals surface area contributed by atoms with Crippen molar-refractivity contribution in [1.29, 1.82) is 0 Å². The van der Waals surface area contributed by atoms with E-state index in [0.717, 1.165) is 11.1 Å². The van der Waals surface area contributed by atoms with Crippen molar-refractivity contribution < 1.29 is 13.6 Å². The molecule has 1 aromatic rings. The Morgan fingerprint density at radius 1 is 1.11 bits per heavy atom. The molecule has 1 rings (SSSR count). The molecule has 3 nitrogen and oxygen atoms in total. The van der Waals surface area contributed by atoms with Crippen LogP contribution >= 0.6 is 7.60 Å². The van der Waals surface area contributed by atoms with Crippen molar-refractivity contribution >= 4 is 13.2 Å². The SMILES string of the molecule is C=C(CP(=O)(OC(C)C)OC(C)C)c1ccccc1. The Hall–Kier alpha value is -0.890. The molecule has 0 atom stereocenters. The molecular weight excluding hydrogens is 259 g/mol. The van der Waals surface area contributed by atoms with Gasteiger partial charge in [-0.25, -0.2) is 0 Å². The van der Waals surface area contributed by atoms with E-state index in [1.54, 1.807) is 0 Å². The molecule has 0 bridgehead atoms. The fraction of sp³-hybridized carbons (Fsp3) is 0.467. The maximum atomic E-state index is 12.7. The average molecular weight is 282 g/mol. The molecule has 0 radical (unpaired) electrons. The van der Waals surface area contributed by atoms with Crippen molar-refractivity contribution in [3.8, 4) is 0 Å². The molecule has 0 aliphatic rings. The van der Waals surface area contributed by atoms with Gasteiger partial charge in [-0.1, -0.05) is 36.9 Å². The lowest BCUT2D eigenvalue weighted by Crippen LogP contribution is -2.10. The van der Waals surface area contributed by atoms with Crippen LogP contribution in [0.5, 0.6) is 0 Å². The molecule has 0 fully saturated rings. The highest BCUT2D eigenvalue weighted by Crippen LogP contribution is 2.52. The zero-order chi connectivity index (χ0) is 14.5. The summed E-state index contributed by atoms with van der Waals surface area (Å²) in [6, 6.07) is 9.68. The van der Waals surface area contributed by atoms with Crippen LogP contribution in [0.3, 0.4) is 0 Å². The molecule has 0 saturated carbocycles. The van der Waals surface area contributed by atoms with Gasteiger partial charge in [0, 0.05) is 0 Å². The second-order valence-corrected chi connectivity index (χ2v) is 7.01. The highest BCUT2D eigenvalue weighted by Gasteiger charge is 2.28. The highest BCUT2D eigenvalue weighted by molar-refractivity contribution is 7.54. The zero-order valence-electron chi connectivity index (χ0n) is 12.1. The number of allylic oxidation sites excluding steroid dienone is 1. The van der Waals surface area contributed by atoms with Gasteiger partial charge >= 0.3 is 7.60 Å². The Morgan fingerprint density at radius 3 is 2.00 bits per heavy atom. The monoisotopic (exact) mass is 282 g/mol. The molecule has 0 unspecified atom stereocenters. The summed E-state index contributed by atoms with van der Waals surface area (Å²) in [6.45, 7) is 11.4. The molecule has 0 heterocycles. The summed E-state index contributed by atoms with van der Waals surface area (Å²) < 4.78 is 23.7. The van der Waals surface area contributed by atoms with Gasteiger partial charge in [-0.05, 0) is 38.8 Å². The number of rotatable bonds is 7. The van der Waals surface area contributed by atoms with Crippen molar-refractivity contribution in [3.63, 3.8) is 0 Å². The lowest BCUT2D eigenvalue weighted by atomic mass is 10.1. The third-order valence-corrected chi connectivity index (χ3v) is 4.56. The standard InChI is InChI=1S/C15H23O3P/c1-12(2)17-19(16,18-13(3)4)11-14(5)15-9-7-6-8-10-15/h6-10,12-13H,5,11H2,1-4H3. The van der Waals surface area contributed by atoms with Gasteiger partial charge in [0.25, 0.3) is 0 Å². The van der Waals surface area contributed by atoms with E-state index < -0.39 is 7.60 Å². The predicted octanol–water partition coefficient (Wildman–Crippen LogP) is 4.74. The van der Waals surface area contributed by atoms with Gasteiger partial charge in [0.05, 0.1) is 18.4 Å². The van der Waals surface area contributed by atoms with Crippen molar-refractivity contribution in [2.75, 3.05) is 6.16 Å². The Kier molecular flexibility index (Phi) is 5.99. The first kappa shape index (κ1) is 16.2. The van der Waals surface area contributed by atoms with Crippen LogP contribution in [-0.2, 0) is 13.6 Å². The van der Waals surface area contributed by atoms with E-state index >= 15 is 0 Å². The molecule has 0 amide bonds. The van der Waals surface area contributed by atoms with Crippen LogP contribution in [0.2, 0.25) is 0 Å². The highest BCUT2D eigenvalue weighted by atomic mass is 31.2. The van der Waals surface area contributed by atoms with Gasteiger partial charge in [0.1, 0.15) is 0 Å². The lowest BCUT2D eigenvalue weighted by molar-refractivity contribution is 0.144. The summed E-state index contributed by atoms with van der Waals surface area (Å²) in [7, 11) is -3.15. The fourth-order valence-electron chi connectivity index (χ4n) is 1.74. The van der Waals surface area contributed by atoms with E-state index in [1.165, 1.54) is 0 Å². The van der Waals surface area contributed by atoms with Gasteiger partial charge in [-0.2, -0.15) is 0 Å². The minimum atomic E-state index is -3.15. The summed E-state index contributed by atoms with van der Waals surface area (Å²) in [6.07, 6.45) is -0.0748. The summed E-state index contributed by atoms with van der Waals surface area (Å²) in [5.74, 6) is 0. The van der Waals surface area contributed by atoms with Crippen LogP contribution in [-0.4, -0.2) is 18.4 Å². The molecule has 19 heavy (non-hydrogen) atoms. The number of benzene rings is 1. The molecule has 106 valence electrons. The third-order valence-electron chi connectivity index (χ3n) is 2.31. The molecule has 0 aliphatic heterocycles. The van der Waals surface area contributed by atoms with Crippen molar-refractivity contribution in [3.05, 3.63) is 42.5 Å². The molecule has 0 aliphatic carbocycles. The summed E-state index contributed by atoms with van der Waals surface area (Å²) in [4.78, 5) is 0. The van der Waals surface area contributed by atoms with Crippen LogP contribution in [0.4, 0.5) is 0 Å². The second-order valence-electron chi connectivity index (χ2n) is 5.05. The molecule has 1 aromatic carbocycles. The molecule has 0 N–H and O–H groups in total. The first-order chi connectivity index (χ1) is 8.82. The van der Waals surface area contributed by atoms with E-state index in [9.17, 15) is 4.57 Å². The van der Waals surface area contributed by atoms with E-state index in [2.05, 4.69) is 6.58 Å². The van der Waals surface area contributed by atoms with Crippen LogP contribution in [0.25, 0.3) is 5.57 Å². The van der Waals surface area contributed by atoms with Crippen molar-refractivity contribution in [2.24, 2.45) is 0 Å². The summed E-state index contributed by atoms with van der Waals surface area (Å²) in [5.41, 5.74) is 1.73. The van der Waals surface area contributed by atoms with Gasteiger partial charge in [-0.15, -0.1) is 0 Å². The van der Waals surface area contributed by atoms with E-state index in [4.69, 9.17) is 9.05 Å². The Labute approximate surface area is 116 Å². The van der Waals surface area contributed by atoms with Crippen LogP contribution < -0.4 is 0 Å². The molecule has 0 spiro atoms. The zero-order valence-corrected chi connectivity index (χ0v) is 13.0. The van der Waals surface area contributed by atoms with Gasteiger partial charge in [0.2, 0.25) is 0 Å². The van der Waals surface area contributed by atoms with Crippen LogP contribution in [0.1, 0.15) is 33.3 Å². The molecule has 0 aromatic heterocycles. The summed E-state index contributed by atoms with van der Waals surface area (Å²) in [5, 5.41) is 0. The quantitative estimate of drug-likeness (QED) is 0.677. The number of hydrogen-bond donors (Lipinski definition) is 0. The van der Waals surface area contributed by atoms with Gasteiger partial charge < -0.3 is 9.05 Å². The Morgan fingerprint density at radius 2 is 1.58 bits per heavy atom.